The Bertz CT molecular complexity index is 1220. The first-order valence-corrected chi connectivity index (χ1v) is 14.5. The highest BCUT2D eigenvalue weighted by Gasteiger charge is 2.76. The molecular weight excluding hydrogens is 506 g/mol. The Morgan fingerprint density at radius 3 is 2.25 bits per heavy atom. The van der Waals surface area contributed by atoms with Crippen molar-refractivity contribution in [2.75, 3.05) is 19.7 Å². The van der Waals surface area contributed by atoms with Gasteiger partial charge in [0.2, 0.25) is 17.7 Å². The Balaban J connectivity index is 1.67. The fourth-order valence-corrected chi connectivity index (χ4v) is 7.28. The van der Waals surface area contributed by atoms with Crippen LogP contribution in [0.4, 0.5) is 0 Å². The zero-order valence-corrected chi connectivity index (χ0v) is 24.5. The Kier molecular flexibility index (Phi) is 7.24. The van der Waals surface area contributed by atoms with Crippen LogP contribution in [0.25, 0.3) is 0 Å². The fraction of sp³-hybridized carbons (Fsp3) is 0.594. The molecule has 0 aromatic heterocycles. The summed E-state index contributed by atoms with van der Waals surface area (Å²) in [6.07, 6.45) is 8.21. The van der Waals surface area contributed by atoms with E-state index in [1.165, 1.54) is 0 Å². The first-order valence-electron chi connectivity index (χ1n) is 14.5. The molecule has 1 unspecified atom stereocenters. The van der Waals surface area contributed by atoms with E-state index in [0.29, 0.717) is 26.1 Å². The number of aliphatic hydroxyl groups excluding tert-OH is 1. The van der Waals surface area contributed by atoms with Gasteiger partial charge in [0.1, 0.15) is 11.6 Å². The van der Waals surface area contributed by atoms with E-state index >= 15 is 0 Å². The van der Waals surface area contributed by atoms with Crippen LogP contribution in [-0.4, -0.2) is 86.0 Å². The second kappa shape index (κ2) is 10.1. The minimum Gasteiger partial charge on any atom is -0.394 e. The summed E-state index contributed by atoms with van der Waals surface area (Å²) in [5.41, 5.74) is -1.85. The molecule has 8 heteroatoms. The van der Waals surface area contributed by atoms with Crippen LogP contribution >= 0.6 is 0 Å². The molecule has 0 saturated carbocycles. The average molecular weight is 550 g/mol. The van der Waals surface area contributed by atoms with Gasteiger partial charge in [-0.05, 0) is 38.7 Å². The van der Waals surface area contributed by atoms with Crippen molar-refractivity contribution >= 4 is 17.7 Å². The molecule has 40 heavy (non-hydrogen) atoms. The normalized spacial score (nSPS) is 32.8. The Morgan fingerprint density at radius 1 is 0.975 bits per heavy atom. The third kappa shape index (κ3) is 4.22. The molecule has 0 radical (unpaired) electrons. The van der Waals surface area contributed by atoms with Gasteiger partial charge in [0.15, 0.2) is 0 Å². The van der Waals surface area contributed by atoms with Gasteiger partial charge >= 0.3 is 0 Å². The van der Waals surface area contributed by atoms with Crippen molar-refractivity contribution in [2.45, 2.75) is 83.3 Å². The number of amides is 3. The number of carbonyl (C=O) groups is 3. The lowest BCUT2D eigenvalue weighted by Crippen LogP contribution is -2.62. The van der Waals surface area contributed by atoms with Crippen molar-refractivity contribution in [3.05, 3.63) is 60.2 Å². The molecule has 1 aromatic rings. The Hall–Kier alpha value is -2.97. The molecule has 1 N–H and O–H groups in total. The second-order valence-electron chi connectivity index (χ2n) is 13.0. The molecule has 1 aromatic carbocycles. The number of likely N-dealkylation sites (tertiary alicyclic amines) is 1. The summed E-state index contributed by atoms with van der Waals surface area (Å²) in [5, 5.41) is 10.5. The van der Waals surface area contributed by atoms with Gasteiger partial charge in [-0.1, -0.05) is 75.4 Å². The van der Waals surface area contributed by atoms with E-state index in [2.05, 4.69) is 0 Å². The van der Waals surface area contributed by atoms with Crippen LogP contribution in [0, 0.1) is 17.8 Å². The van der Waals surface area contributed by atoms with E-state index < -0.39 is 40.7 Å². The summed E-state index contributed by atoms with van der Waals surface area (Å²) in [6, 6.07) is 8.24. The van der Waals surface area contributed by atoms with Crippen molar-refractivity contribution in [1.29, 1.82) is 0 Å². The minimum absolute atomic E-state index is 0.108. The number of benzene rings is 1. The molecule has 0 bridgehead atoms. The summed E-state index contributed by atoms with van der Waals surface area (Å²) in [7, 11) is 0. The number of ether oxygens (including phenoxy) is 1. The third-order valence-corrected chi connectivity index (χ3v) is 9.30. The SMILES string of the molecule is CC[C@@]12C=CCN(Cc3ccccc3)C(=O)[C@@H]1[C@H]1C(=O)N([C@@H](CO)C(C)C)C3C(=O)N(C(C)(C)C)CC=C[C@@]31O2. The number of carbonyl (C=O) groups excluding carboxylic acids is 3. The van der Waals surface area contributed by atoms with E-state index in [1.54, 1.807) is 14.7 Å². The minimum atomic E-state index is -1.33. The largest absolute Gasteiger partial charge is 0.394 e. The van der Waals surface area contributed by atoms with Crippen molar-refractivity contribution in [2.24, 2.45) is 17.8 Å². The highest BCUT2D eigenvalue weighted by Crippen LogP contribution is 2.59. The standard InChI is InChI=1S/C32H43N3O5/c1-7-31-15-11-17-33(19-22-13-9-8-10-14-22)27(37)24(31)25-28(38)35(23(20-36)21(2)3)26-29(39)34(30(4,5)6)18-12-16-32(25,26)40-31/h8-16,21,23-26,36H,7,17-20H2,1-6H3/t23-,24-,25-,26?,31+,32-/m0/s1. The second-order valence-corrected chi connectivity index (χ2v) is 13.0. The number of hydrogen-bond donors (Lipinski definition) is 1. The monoisotopic (exact) mass is 549 g/mol. The fourth-order valence-electron chi connectivity index (χ4n) is 7.28. The van der Waals surface area contributed by atoms with Gasteiger partial charge in [-0.25, -0.2) is 0 Å². The number of aliphatic hydroxyl groups is 1. The summed E-state index contributed by atoms with van der Waals surface area (Å²) in [5.74, 6) is -2.45. The molecule has 8 nitrogen and oxygen atoms in total. The number of rotatable bonds is 6. The molecule has 0 aliphatic carbocycles. The number of hydrogen-bond acceptors (Lipinski definition) is 5. The number of fused-ring (bicyclic) bond motifs is 2. The van der Waals surface area contributed by atoms with Crippen LogP contribution in [-0.2, 0) is 25.7 Å². The van der Waals surface area contributed by atoms with Crippen LogP contribution < -0.4 is 0 Å². The van der Waals surface area contributed by atoms with Gasteiger partial charge in [0, 0.05) is 25.2 Å². The highest BCUT2D eigenvalue weighted by molar-refractivity contribution is 6.00. The maximum Gasteiger partial charge on any atom is 0.249 e. The van der Waals surface area contributed by atoms with Gasteiger partial charge in [-0.15, -0.1) is 0 Å². The van der Waals surface area contributed by atoms with Crippen molar-refractivity contribution in [3.63, 3.8) is 0 Å². The molecule has 5 rings (SSSR count). The molecule has 2 saturated heterocycles. The predicted molar refractivity (Wildman–Crippen MR) is 152 cm³/mol. The van der Waals surface area contributed by atoms with E-state index in [1.807, 2.05) is 96.2 Å². The molecule has 3 amide bonds. The van der Waals surface area contributed by atoms with E-state index in [0.717, 1.165) is 5.56 Å². The van der Waals surface area contributed by atoms with Crippen molar-refractivity contribution < 1.29 is 24.2 Å². The van der Waals surface area contributed by atoms with Crippen LogP contribution in [0.15, 0.2) is 54.6 Å². The van der Waals surface area contributed by atoms with E-state index in [-0.39, 0.29) is 30.2 Å². The summed E-state index contributed by atoms with van der Waals surface area (Å²) >= 11 is 0. The van der Waals surface area contributed by atoms with E-state index in [4.69, 9.17) is 4.74 Å². The molecule has 4 aliphatic rings. The Morgan fingerprint density at radius 2 is 1.65 bits per heavy atom. The van der Waals surface area contributed by atoms with Crippen LogP contribution in [0.3, 0.4) is 0 Å². The first-order chi connectivity index (χ1) is 18.9. The molecule has 4 heterocycles. The molecule has 216 valence electrons. The predicted octanol–water partition coefficient (Wildman–Crippen LogP) is 3.16. The van der Waals surface area contributed by atoms with Gasteiger partial charge in [-0.2, -0.15) is 0 Å². The quantitative estimate of drug-likeness (QED) is 0.551. The third-order valence-electron chi connectivity index (χ3n) is 9.30. The summed E-state index contributed by atoms with van der Waals surface area (Å²) < 4.78 is 7.04. The smallest absolute Gasteiger partial charge is 0.249 e. The van der Waals surface area contributed by atoms with E-state index in [9.17, 15) is 19.5 Å². The highest BCUT2D eigenvalue weighted by atomic mass is 16.5. The van der Waals surface area contributed by atoms with Crippen LogP contribution in [0.5, 0.6) is 0 Å². The molecule has 6 atom stereocenters. The summed E-state index contributed by atoms with van der Waals surface area (Å²) in [4.78, 5) is 48.7. The van der Waals surface area contributed by atoms with Crippen LogP contribution in [0.1, 0.15) is 53.5 Å². The topological polar surface area (TPSA) is 90.4 Å². The molecule has 4 aliphatic heterocycles. The molecule has 1 spiro atoms. The molecular formula is C32H43N3O5. The van der Waals surface area contributed by atoms with Crippen molar-refractivity contribution in [3.8, 4) is 0 Å². The molecule has 2 fully saturated rings. The zero-order chi connectivity index (χ0) is 29.0. The van der Waals surface area contributed by atoms with Gasteiger partial charge in [0.25, 0.3) is 0 Å². The van der Waals surface area contributed by atoms with Crippen LogP contribution in [0.2, 0.25) is 0 Å². The lowest BCUT2D eigenvalue weighted by atomic mass is 9.73. The maximum absolute atomic E-state index is 14.6. The van der Waals surface area contributed by atoms with Gasteiger partial charge in [0.05, 0.1) is 30.1 Å². The lowest BCUT2D eigenvalue weighted by Gasteiger charge is -2.44. The Labute approximate surface area is 237 Å². The zero-order valence-electron chi connectivity index (χ0n) is 24.5. The number of nitrogens with zero attached hydrogens (tertiary/aromatic N) is 3. The summed E-state index contributed by atoms with van der Waals surface area (Å²) in [6.45, 7) is 12.7. The average Bonchev–Trinajstić information content (AvgIpc) is 3.19. The first kappa shape index (κ1) is 28.6. The van der Waals surface area contributed by atoms with Crippen molar-refractivity contribution in [1.82, 2.24) is 14.7 Å². The van der Waals surface area contributed by atoms with Gasteiger partial charge < -0.3 is 24.5 Å². The lowest BCUT2D eigenvalue weighted by molar-refractivity contribution is -0.160. The van der Waals surface area contributed by atoms with Gasteiger partial charge in [-0.3, -0.25) is 14.4 Å². The maximum atomic E-state index is 14.6.